The quantitative estimate of drug-likeness (QED) is 0.739. The molecule has 1 aliphatic rings. The summed E-state index contributed by atoms with van der Waals surface area (Å²) in [7, 11) is 0. The van der Waals surface area contributed by atoms with Crippen LogP contribution in [0, 0.1) is 11.7 Å². The van der Waals surface area contributed by atoms with Crippen molar-refractivity contribution in [3.63, 3.8) is 0 Å². The third-order valence-electron chi connectivity index (χ3n) is 3.11. The molecule has 1 aromatic rings. The molecule has 0 aliphatic carbocycles. The van der Waals surface area contributed by atoms with E-state index in [9.17, 15) is 4.39 Å². The zero-order valence-corrected chi connectivity index (χ0v) is 10.1. The van der Waals surface area contributed by atoms with Crippen molar-refractivity contribution in [3.8, 4) is 0 Å². The lowest BCUT2D eigenvalue weighted by atomic mass is 9.96. The van der Waals surface area contributed by atoms with Gasteiger partial charge in [0, 0.05) is 11.3 Å². The molecule has 0 radical (unpaired) electrons. The van der Waals surface area contributed by atoms with Crippen LogP contribution in [-0.2, 0) is 11.2 Å². The molecule has 3 unspecified atom stereocenters. The Morgan fingerprint density at radius 3 is 2.88 bits per heavy atom. The molecule has 1 aliphatic heterocycles. The van der Waals surface area contributed by atoms with Gasteiger partial charge in [-0.2, -0.15) is 0 Å². The van der Waals surface area contributed by atoms with Crippen molar-refractivity contribution in [2.24, 2.45) is 5.92 Å². The van der Waals surface area contributed by atoms with E-state index in [-0.39, 0.29) is 17.3 Å². The molecule has 0 spiro atoms. The van der Waals surface area contributed by atoms with Gasteiger partial charge in [0.05, 0.1) is 12.7 Å². The number of hydrogen-bond donors (Lipinski definition) is 0. The predicted molar refractivity (Wildman–Crippen MR) is 63.3 cm³/mol. The first-order valence-corrected chi connectivity index (χ1v) is 6.09. The maximum absolute atomic E-state index is 13.4. The van der Waals surface area contributed by atoms with Crippen molar-refractivity contribution in [2.45, 2.75) is 31.2 Å². The Morgan fingerprint density at radius 1 is 1.50 bits per heavy atom. The van der Waals surface area contributed by atoms with Crippen LogP contribution in [0.2, 0.25) is 0 Å². The summed E-state index contributed by atoms with van der Waals surface area (Å²) < 4.78 is 18.9. The smallest absolute Gasteiger partial charge is 0.126 e. The van der Waals surface area contributed by atoms with Gasteiger partial charge in [0.2, 0.25) is 0 Å². The summed E-state index contributed by atoms with van der Waals surface area (Å²) >= 11 is 6.31. The van der Waals surface area contributed by atoms with Gasteiger partial charge in [-0.15, -0.1) is 11.6 Å². The van der Waals surface area contributed by atoms with Crippen LogP contribution in [0.15, 0.2) is 24.3 Å². The van der Waals surface area contributed by atoms with E-state index in [1.165, 1.54) is 6.07 Å². The van der Waals surface area contributed by atoms with Crippen LogP contribution in [0.5, 0.6) is 0 Å². The maximum atomic E-state index is 13.4. The number of alkyl halides is 1. The largest absolute Gasteiger partial charge is 0.378 e. The SMILES string of the molecule is CC1CC(C(Cl)Cc2ccccc2F)CO1. The van der Waals surface area contributed by atoms with Gasteiger partial charge in [-0.3, -0.25) is 0 Å². The van der Waals surface area contributed by atoms with Gasteiger partial charge >= 0.3 is 0 Å². The molecule has 3 atom stereocenters. The summed E-state index contributed by atoms with van der Waals surface area (Å²) in [4.78, 5) is 0. The van der Waals surface area contributed by atoms with E-state index < -0.39 is 0 Å². The zero-order valence-electron chi connectivity index (χ0n) is 9.33. The van der Waals surface area contributed by atoms with E-state index in [1.807, 2.05) is 13.0 Å². The molecule has 1 nitrogen and oxygen atoms in total. The molecule has 1 heterocycles. The van der Waals surface area contributed by atoms with E-state index in [1.54, 1.807) is 12.1 Å². The minimum Gasteiger partial charge on any atom is -0.378 e. The Morgan fingerprint density at radius 2 is 2.25 bits per heavy atom. The van der Waals surface area contributed by atoms with Crippen LogP contribution in [-0.4, -0.2) is 18.1 Å². The monoisotopic (exact) mass is 242 g/mol. The van der Waals surface area contributed by atoms with Crippen molar-refractivity contribution < 1.29 is 9.13 Å². The van der Waals surface area contributed by atoms with E-state index in [2.05, 4.69) is 0 Å². The van der Waals surface area contributed by atoms with Crippen LogP contribution in [0.1, 0.15) is 18.9 Å². The third kappa shape index (κ3) is 2.74. The highest BCUT2D eigenvalue weighted by Crippen LogP contribution is 2.28. The van der Waals surface area contributed by atoms with Gasteiger partial charge in [-0.25, -0.2) is 4.39 Å². The Kier molecular flexibility index (Phi) is 3.82. The number of halogens is 2. The lowest BCUT2D eigenvalue weighted by Crippen LogP contribution is -2.18. The van der Waals surface area contributed by atoms with Gasteiger partial charge in [-0.1, -0.05) is 18.2 Å². The predicted octanol–water partition coefficient (Wildman–Crippen LogP) is 3.40. The average Bonchev–Trinajstić information content (AvgIpc) is 2.68. The fourth-order valence-corrected chi connectivity index (χ4v) is 2.48. The molecular weight excluding hydrogens is 227 g/mol. The van der Waals surface area contributed by atoms with E-state index in [4.69, 9.17) is 16.3 Å². The Hall–Kier alpha value is -0.600. The second kappa shape index (κ2) is 5.15. The lowest BCUT2D eigenvalue weighted by Gasteiger charge is -2.15. The topological polar surface area (TPSA) is 9.23 Å². The molecule has 3 heteroatoms. The second-order valence-electron chi connectivity index (χ2n) is 4.45. The minimum absolute atomic E-state index is 0.0400. The van der Waals surface area contributed by atoms with Crippen LogP contribution in [0.4, 0.5) is 4.39 Å². The minimum atomic E-state index is -0.167. The number of rotatable bonds is 3. The summed E-state index contributed by atoms with van der Waals surface area (Å²) in [6, 6.07) is 6.81. The molecule has 1 aromatic carbocycles. The molecule has 16 heavy (non-hydrogen) atoms. The van der Waals surface area contributed by atoms with Crippen LogP contribution < -0.4 is 0 Å². The van der Waals surface area contributed by atoms with Crippen LogP contribution in [0.3, 0.4) is 0 Å². The standard InChI is InChI=1S/C13H16ClFO/c1-9-6-11(8-16-9)12(14)7-10-4-2-3-5-13(10)15/h2-5,9,11-12H,6-8H2,1H3. The molecule has 88 valence electrons. The van der Waals surface area contributed by atoms with Gasteiger partial charge in [0.25, 0.3) is 0 Å². The highest BCUT2D eigenvalue weighted by Gasteiger charge is 2.28. The second-order valence-corrected chi connectivity index (χ2v) is 5.01. The molecule has 0 amide bonds. The molecule has 0 saturated carbocycles. The third-order valence-corrected chi connectivity index (χ3v) is 3.62. The Bertz CT molecular complexity index is 356. The van der Waals surface area contributed by atoms with Crippen molar-refractivity contribution >= 4 is 11.6 Å². The summed E-state index contributed by atoms with van der Waals surface area (Å²) in [5.41, 5.74) is 0.696. The molecule has 0 N–H and O–H groups in total. The number of hydrogen-bond acceptors (Lipinski definition) is 1. The molecule has 0 aromatic heterocycles. The van der Waals surface area contributed by atoms with E-state index in [0.717, 1.165) is 6.42 Å². The fraction of sp³-hybridized carbons (Fsp3) is 0.538. The number of benzene rings is 1. The maximum Gasteiger partial charge on any atom is 0.126 e. The molecule has 1 fully saturated rings. The number of ether oxygens (including phenoxy) is 1. The average molecular weight is 243 g/mol. The van der Waals surface area contributed by atoms with Crippen LogP contribution in [0.25, 0.3) is 0 Å². The van der Waals surface area contributed by atoms with Crippen molar-refractivity contribution in [1.29, 1.82) is 0 Å². The summed E-state index contributed by atoms with van der Waals surface area (Å²) in [6.07, 6.45) is 1.84. The molecule has 2 rings (SSSR count). The normalized spacial score (nSPS) is 26.9. The van der Waals surface area contributed by atoms with Gasteiger partial charge in [0.15, 0.2) is 0 Å². The van der Waals surface area contributed by atoms with Gasteiger partial charge in [-0.05, 0) is 31.4 Å². The summed E-state index contributed by atoms with van der Waals surface area (Å²) in [5, 5.41) is -0.0400. The molecule has 0 bridgehead atoms. The zero-order chi connectivity index (χ0) is 11.5. The van der Waals surface area contributed by atoms with E-state index >= 15 is 0 Å². The first-order chi connectivity index (χ1) is 7.66. The van der Waals surface area contributed by atoms with E-state index in [0.29, 0.717) is 24.5 Å². The molecule has 1 saturated heterocycles. The Labute approximate surface area is 101 Å². The van der Waals surface area contributed by atoms with Gasteiger partial charge < -0.3 is 4.74 Å². The van der Waals surface area contributed by atoms with Crippen molar-refractivity contribution in [2.75, 3.05) is 6.61 Å². The highest BCUT2D eigenvalue weighted by molar-refractivity contribution is 6.20. The fourth-order valence-electron chi connectivity index (χ4n) is 2.14. The van der Waals surface area contributed by atoms with Crippen LogP contribution >= 0.6 is 11.6 Å². The van der Waals surface area contributed by atoms with Gasteiger partial charge in [0.1, 0.15) is 5.82 Å². The first-order valence-electron chi connectivity index (χ1n) is 5.66. The summed E-state index contributed by atoms with van der Waals surface area (Å²) in [6.45, 7) is 2.75. The van der Waals surface area contributed by atoms with Crippen molar-refractivity contribution in [1.82, 2.24) is 0 Å². The highest BCUT2D eigenvalue weighted by atomic mass is 35.5. The first kappa shape index (κ1) is 11.9. The lowest BCUT2D eigenvalue weighted by molar-refractivity contribution is 0.119. The van der Waals surface area contributed by atoms with Crippen molar-refractivity contribution in [3.05, 3.63) is 35.6 Å². The Balaban J connectivity index is 1.97. The summed E-state index contributed by atoms with van der Waals surface area (Å²) in [5.74, 6) is 0.177. The molecular formula is C13H16ClFO.